The second-order valence-electron chi connectivity index (χ2n) is 7.67. The number of nitrogens with two attached hydrogens (primary N) is 1. The van der Waals surface area contributed by atoms with Gasteiger partial charge in [-0.25, -0.2) is 13.5 Å². The Balaban J connectivity index is 1.60. The molecular weight excluding hydrogens is 380 g/mol. The standard InChI is InChI=1S/C20H25F2N5O2/c1-3-10-24-18(28)15-5-4-14(15)12(2)26-19(29)16-11-25-27(17(16)23)13-6-8-20(21,22)9-7-13/h1,11,13-15H,2,4-10,23H2,(H,24,28)(H,26,29)/t14-,15+/m1/s1. The van der Waals surface area contributed by atoms with Gasteiger partial charge >= 0.3 is 0 Å². The summed E-state index contributed by atoms with van der Waals surface area (Å²) in [5.41, 5.74) is 6.67. The summed E-state index contributed by atoms with van der Waals surface area (Å²) in [6.45, 7) is 4.05. The van der Waals surface area contributed by atoms with Crippen molar-refractivity contribution in [1.29, 1.82) is 0 Å². The predicted molar refractivity (Wildman–Crippen MR) is 104 cm³/mol. The second kappa shape index (κ2) is 8.23. The lowest BCUT2D eigenvalue weighted by molar-refractivity contribution is -0.129. The summed E-state index contributed by atoms with van der Waals surface area (Å²) in [4.78, 5) is 24.7. The average Bonchev–Trinajstić information content (AvgIpc) is 3.00. The number of hydrogen-bond donors (Lipinski definition) is 3. The number of rotatable bonds is 6. The van der Waals surface area contributed by atoms with Gasteiger partial charge in [-0.3, -0.25) is 9.59 Å². The third-order valence-electron chi connectivity index (χ3n) is 5.81. The van der Waals surface area contributed by atoms with E-state index in [1.807, 2.05) is 0 Å². The fourth-order valence-corrected chi connectivity index (χ4v) is 3.91. The first-order valence-electron chi connectivity index (χ1n) is 9.65. The van der Waals surface area contributed by atoms with Gasteiger partial charge in [-0.2, -0.15) is 5.10 Å². The summed E-state index contributed by atoms with van der Waals surface area (Å²) in [7, 11) is 0. The Labute approximate surface area is 168 Å². The highest BCUT2D eigenvalue weighted by Crippen LogP contribution is 2.40. The zero-order valence-corrected chi connectivity index (χ0v) is 16.1. The molecule has 156 valence electrons. The molecule has 0 aliphatic heterocycles. The first-order chi connectivity index (χ1) is 13.7. The van der Waals surface area contributed by atoms with E-state index in [-0.39, 0.29) is 67.4 Å². The third kappa shape index (κ3) is 4.42. The fraction of sp³-hybridized carbons (Fsp3) is 0.550. The Morgan fingerprint density at radius 1 is 1.31 bits per heavy atom. The fourth-order valence-electron chi connectivity index (χ4n) is 3.91. The number of allylic oxidation sites excluding steroid dienone is 1. The summed E-state index contributed by atoms with van der Waals surface area (Å²) in [5, 5.41) is 9.49. The molecule has 0 aromatic carbocycles. The molecule has 0 bridgehead atoms. The zero-order valence-electron chi connectivity index (χ0n) is 16.1. The molecule has 2 amide bonds. The lowest BCUT2D eigenvalue weighted by Crippen LogP contribution is -2.44. The number of halogens is 2. The maximum absolute atomic E-state index is 13.4. The van der Waals surface area contributed by atoms with Crippen molar-refractivity contribution in [3.63, 3.8) is 0 Å². The van der Waals surface area contributed by atoms with Crippen molar-refractivity contribution in [2.75, 3.05) is 12.3 Å². The number of nitrogens with one attached hydrogen (secondary N) is 2. The molecule has 0 radical (unpaired) electrons. The van der Waals surface area contributed by atoms with E-state index in [2.05, 4.69) is 28.2 Å². The van der Waals surface area contributed by atoms with E-state index in [1.165, 1.54) is 10.9 Å². The smallest absolute Gasteiger partial charge is 0.260 e. The van der Waals surface area contributed by atoms with Gasteiger partial charge in [0.15, 0.2) is 0 Å². The van der Waals surface area contributed by atoms with E-state index in [0.717, 1.165) is 6.42 Å². The average molecular weight is 405 g/mol. The molecular formula is C20H25F2N5O2. The minimum Gasteiger partial charge on any atom is -0.383 e. The van der Waals surface area contributed by atoms with Crippen LogP contribution in [0, 0.1) is 24.2 Å². The predicted octanol–water partition coefficient (Wildman–Crippen LogP) is 2.23. The molecule has 4 N–H and O–H groups in total. The van der Waals surface area contributed by atoms with Crippen LogP contribution < -0.4 is 16.4 Å². The SMILES string of the molecule is C#CCNC(=O)[C@H]1CC[C@@H]1C(=C)NC(=O)c1cnn(C2CCC(F)(F)CC2)c1N. The quantitative estimate of drug-likeness (QED) is 0.632. The van der Waals surface area contributed by atoms with Crippen LogP contribution >= 0.6 is 0 Å². The monoisotopic (exact) mass is 405 g/mol. The van der Waals surface area contributed by atoms with Crippen LogP contribution in [-0.4, -0.2) is 34.1 Å². The van der Waals surface area contributed by atoms with Crippen molar-refractivity contribution in [2.24, 2.45) is 11.8 Å². The molecule has 0 unspecified atom stereocenters. The molecule has 2 aliphatic rings. The Hall–Kier alpha value is -2.89. The highest BCUT2D eigenvalue weighted by atomic mass is 19.3. The van der Waals surface area contributed by atoms with E-state index in [4.69, 9.17) is 12.2 Å². The Kier molecular flexibility index (Phi) is 5.91. The Bertz CT molecular complexity index is 848. The van der Waals surface area contributed by atoms with Crippen molar-refractivity contribution < 1.29 is 18.4 Å². The van der Waals surface area contributed by atoms with Crippen molar-refractivity contribution in [3.8, 4) is 12.3 Å². The topological polar surface area (TPSA) is 102 Å². The number of carbonyl (C=O) groups excluding carboxylic acids is 2. The maximum Gasteiger partial charge on any atom is 0.260 e. The van der Waals surface area contributed by atoms with Gasteiger partial charge in [0.05, 0.1) is 18.8 Å². The van der Waals surface area contributed by atoms with Gasteiger partial charge in [-0.05, 0) is 25.7 Å². The number of aromatic nitrogens is 2. The van der Waals surface area contributed by atoms with E-state index in [9.17, 15) is 18.4 Å². The molecule has 2 saturated carbocycles. The van der Waals surface area contributed by atoms with Crippen LogP contribution in [-0.2, 0) is 4.79 Å². The number of alkyl halides is 2. The summed E-state index contributed by atoms with van der Waals surface area (Å²) < 4.78 is 28.2. The number of hydrogen-bond acceptors (Lipinski definition) is 4. The normalized spacial score (nSPS) is 23.5. The molecule has 9 heteroatoms. The molecule has 1 heterocycles. The molecule has 2 aliphatic carbocycles. The molecule has 7 nitrogen and oxygen atoms in total. The first kappa shape index (κ1) is 20.8. The van der Waals surface area contributed by atoms with Crippen LogP contribution in [0.15, 0.2) is 18.5 Å². The van der Waals surface area contributed by atoms with Gasteiger partial charge in [-0.15, -0.1) is 6.42 Å². The van der Waals surface area contributed by atoms with Crippen LogP contribution in [0.5, 0.6) is 0 Å². The van der Waals surface area contributed by atoms with Crippen LogP contribution in [0.25, 0.3) is 0 Å². The Morgan fingerprint density at radius 2 is 1.97 bits per heavy atom. The van der Waals surface area contributed by atoms with E-state index in [1.54, 1.807) is 0 Å². The van der Waals surface area contributed by atoms with Crippen LogP contribution in [0.4, 0.5) is 14.6 Å². The van der Waals surface area contributed by atoms with Crippen LogP contribution in [0.1, 0.15) is 54.9 Å². The van der Waals surface area contributed by atoms with E-state index >= 15 is 0 Å². The number of nitrogens with zero attached hydrogens (tertiary/aromatic N) is 2. The summed E-state index contributed by atoms with van der Waals surface area (Å²) in [6.07, 6.45) is 7.98. The van der Waals surface area contributed by atoms with Crippen molar-refractivity contribution in [2.45, 2.75) is 50.5 Å². The highest BCUT2D eigenvalue weighted by molar-refractivity contribution is 5.99. The Morgan fingerprint density at radius 3 is 2.55 bits per heavy atom. The van der Waals surface area contributed by atoms with E-state index < -0.39 is 11.8 Å². The molecule has 0 saturated heterocycles. The first-order valence-corrected chi connectivity index (χ1v) is 9.65. The zero-order chi connectivity index (χ0) is 21.2. The largest absolute Gasteiger partial charge is 0.383 e. The van der Waals surface area contributed by atoms with Crippen LogP contribution in [0.2, 0.25) is 0 Å². The van der Waals surface area contributed by atoms with Gasteiger partial charge in [0.1, 0.15) is 11.4 Å². The highest BCUT2D eigenvalue weighted by Gasteiger charge is 2.39. The van der Waals surface area contributed by atoms with Crippen molar-refractivity contribution in [1.82, 2.24) is 20.4 Å². The molecule has 1 aromatic heterocycles. The summed E-state index contributed by atoms with van der Waals surface area (Å²) >= 11 is 0. The molecule has 3 rings (SSSR count). The van der Waals surface area contributed by atoms with E-state index in [0.29, 0.717) is 12.1 Å². The summed E-state index contributed by atoms with van der Waals surface area (Å²) in [6, 6.07) is -0.254. The number of amides is 2. The van der Waals surface area contributed by atoms with Gasteiger partial charge in [0, 0.05) is 30.4 Å². The number of nitrogen functional groups attached to an aromatic ring is 1. The third-order valence-corrected chi connectivity index (χ3v) is 5.81. The molecule has 29 heavy (non-hydrogen) atoms. The number of anilines is 1. The van der Waals surface area contributed by atoms with Gasteiger partial charge < -0.3 is 16.4 Å². The van der Waals surface area contributed by atoms with Gasteiger partial charge in [-0.1, -0.05) is 12.5 Å². The number of carbonyl (C=O) groups is 2. The van der Waals surface area contributed by atoms with Gasteiger partial charge in [0.25, 0.3) is 5.91 Å². The second-order valence-corrected chi connectivity index (χ2v) is 7.67. The molecule has 1 aromatic rings. The lowest BCUT2D eigenvalue weighted by Gasteiger charge is -2.36. The lowest BCUT2D eigenvalue weighted by atomic mass is 9.71. The van der Waals surface area contributed by atoms with Crippen molar-refractivity contribution in [3.05, 3.63) is 24.0 Å². The number of terminal acetylenes is 1. The maximum atomic E-state index is 13.4. The van der Waals surface area contributed by atoms with Gasteiger partial charge in [0.2, 0.25) is 11.8 Å². The minimum atomic E-state index is -2.65. The molecule has 2 fully saturated rings. The molecule has 0 spiro atoms. The summed E-state index contributed by atoms with van der Waals surface area (Å²) in [5.74, 6) is -1.24. The molecule has 2 atom stereocenters. The van der Waals surface area contributed by atoms with Crippen LogP contribution in [0.3, 0.4) is 0 Å². The minimum absolute atomic E-state index is 0.141. The van der Waals surface area contributed by atoms with Crippen molar-refractivity contribution >= 4 is 17.6 Å².